The molecule has 0 saturated heterocycles. The molecule has 0 bridgehead atoms. The Morgan fingerprint density at radius 1 is 1.15 bits per heavy atom. The Labute approximate surface area is 153 Å². The number of nitrogens with zero attached hydrogens (tertiary/aromatic N) is 1. The molecule has 2 aromatic carbocycles. The van der Waals surface area contributed by atoms with Crippen LogP contribution in [-0.2, 0) is 17.8 Å². The first-order valence-corrected chi connectivity index (χ1v) is 8.86. The number of hydrogen-bond acceptors (Lipinski definition) is 3. The van der Waals surface area contributed by atoms with Crippen LogP contribution in [0.25, 0.3) is 0 Å². The lowest BCUT2D eigenvalue weighted by molar-refractivity contribution is -0.136. The van der Waals surface area contributed by atoms with Crippen LogP contribution in [0.15, 0.2) is 48.5 Å². The van der Waals surface area contributed by atoms with E-state index in [1.165, 1.54) is 0 Å². The maximum atomic E-state index is 12.7. The second kappa shape index (κ2) is 8.04. The maximum absolute atomic E-state index is 12.7. The highest BCUT2D eigenvalue weighted by Gasteiger charge is 2.25. The zero-order chi connectivity index (χ0) is 18.5. The van der Waals surface area contributed by atoms with Gasteiger partial charge >= 0.3 is 5.97 Å². The quantitative estimate of drug-likeness (QED) is 0.865. The Bertz CT molecular complexity index is 788. The van der Waals surface area contributed by atoms with E-state index in [0.29, 0.717) is 26.1 Å². The van der Waals surface area contributed by atoms with Gasteiger partial charge in [-0.1, -0.05) is 31.2 Å². The van der Waals surface area contributed by atoms with E-state index in [4.69, 9.17) is 9.84 Å². The number of aromatic carboxylic acids is 1. The average molecular weight is 353 g/mol. The predicted molar refractivity (Wildman–Crippen MR) is 98.2 cm³/mol. The summed E-state index contributed by atoms with van der Waals surface area (Å²) < 4.78 is 5.68. The molecular formula is C21H23NO4. The van der Waals surface area contributed by atoms with E-state index < -0.39 is 5.97 Å². The Balaban J connectivity index is 1.56. The molecule has 1 atom stereocenters. The fourth-order valence-corrected chi connectivity index (χ4v) is 3.18. The summed E-state index contributed by atoms with van der Waals surface area (Å²) in [5.41, 5.74) is 2.32. The zero-order valence-electron chi connectivity index (χ0n) is 14.9. The summed E-state index contributed by atoms with van der Waals surface area (Å²) in [4.78, 5) is 25.7. The van der Waals surface area contributed by atoms with Crippen LogP contribution < -0.4 is 4.74 Å². The van der Waals surface area contributed by atoms with Crippen molar-refractivity contribution in [3.8, 4) is 5.75 Å². The van der Waals surface area contributed by atoms with Crippen molar-refractivity contribution in [1.29, 1.82) is 0 Å². The van der Waals surface area contributed by atoms with Gasteiger partial charge in [0.05, 0.1) is 12.2 Å². The van der Waals surface area contributed by atoms with Crippen LogP contribution in [0.3, 0.4) is 0 Å². The Hall–Kier alpha value is -2.82. The highest BCUT2D eigenvalue weighted by atomic mass is 16.5. The van der Waals surface area contributed by atoms with Gasteiger partial charge in [-0.2, -0.15) is 0 Å². The monoisotopic (exact) mass is 353 g/mol. The van der Waals surface area contributed by atoms with Gasteiger partial charge in [-0.25, -0.2) is 4.79 Å². The SMILES string of the molecule is CC(CCOc1ccccc1)C(=O)N1CCc2ccc(C(=O)O)cc2C1. The summed E-state index contributed by atoms with van der Waals surface area (Å²) >= 11 is 0. The number of para-hydroxylation sites is 1. The largest absolute Gasteiger partial charge is 0.494 e. The topological polar surface area (TPSA) is 66.8 Å². The normalized spacial score (nSPS) is 14.4. The van der Waals surface area contributed by atoms with Gasteiger partial charge in [0, 0.05) is 19.0 Å². The van der Waals surface area contributed by atoms with E-state index in [9.17, 15) is 9.59 Å². The molecule has 2 aromatic rings. The number of carboxylic acid groups (broad SMARTS) is 1. The first-order chi connectivity index (χ1) is 12.5. The van der Waals surface area contributed by atoms with Gasteiger partial charge in [0.2, 0.25) is 5.91 Å². The van der Waals surface area contributed by atoms with E-state index in [-0.39, 0.29) is 17.4 Å². The number of hydrogen-bond donors (Lipinski definition) is 1. The molecule has 3 rings (SSSR count). The molecule has 0 spiro atoms. The average Bonchev–Trinajstić information content (AvgIpc) is 2.67. The Kier molecular flexibility index (Phi) is 5.56. The van der Waals surface area contributed by atoms with Crippen LogP contribution in [-0.4, -0.2) is 35.0 Å². The van der Waals surface area contributed by atoms with Gasteiger partial charge in [-0.3, -0.25) is 4.79 Å². The fourth-order valence-electron chi connectivity index (χ4n) is 3.18. The van der Waals surface area contributed by atoms with Crippen molar-refractivity contribution in [2.45, 2.75) is 26.3 Å². The molecule has 1 amide bonds. The smallest absolute Gasteiger partial charge is 0.335 e. The highest BCUT2D eigenvalue weighted by Crippen LogP contribution is 2.22. The van der Waals surface area contributed by atoms with Gasteiger partial charge in [0.15, 0.2) is 0 Å². The first kappa shape index (κ1) is 18.0. The van der Waals surface area contributed by atoms with Crippen molar-refractivity contribution >= 4 is 11.9 Å². The van der Waals surface area contributed by atoms with Gasteiger partial charge < -0.3 is 14.7 Å². The molecule has 0 aromatic heterocycles. The van der Waals surface area contributed by atoms with Crippen LogP contribution >= 0.6 is 0 Å². The minimum Gasteiger partial charge on any atom is -0.494 e. The van der Waals surface area contributed by atoms with Crippen molar-refractivity contribution in [3.63, 3.8) is 0 Å². The molecule has 0 saturated carbocycles. The number of fused-ring (bicyclic) bond motifs is 1. The number of amides is 1. The van der Waals surface area contributed by atoms with Gasteiger partial charge in [-0.15, -0.1) is 0 Å². The lowest BCUT2D eigenvalue weighted by atomic mass is 9.96. The van der Waals surface area contributed by atoms with Crippen LogP contribution in [0, 0.1) is 5.92 Å². The minimum atomic E-state index is -0.942. The van der Waals surface area contributed by atoms with E-state index in [1.54, 1.807) is 12.1 Å². The second-order valence-corrected chi connectivity index (χ2v) is 6.65. The molecular weight excluding hydrogens is 330 g/mol. The number of carbonyl (C=O) groups excluding carboxylic acids is 1. The summed E-state index contributed by atoms with van der Waals surface area (Å²) in [6, 6.07) is 14.7. The minimum absolute atomic E-state index is 0.0908. The molecule has 0 radical (unpaired) electrons. The van der Waals surface area contributed by atoms with Crippen LogP contribution in [0.4, 0.5) is 0 Å². The van der Waals surface area contributed by atoms with E-state index in [2.05, 4.69) is 0 Å². The van der Waals surface area contributed by atoms with Crippen molar-refractivity contribution in [1.82, 2.24) is 4.90 Å². The van der Waals surface area contributed by atoms with Gasteiger partial charge in [-0.05, 0) is 48.2 Å². The highest BCUT2D eigenvalue weighted by molar-refractivity contribution is 5.88. The lowest BCUT2D eigenvalue weighted by Gasteiger charge is -2.31. The van der Waals surface area contributed by atoms with Crippen molar-refractivity contribution in [2.24, 2.45) is 5.92 Å². The van der Waals surface area contributed by atoms with Gasteiger partial charge in [0.1, 0.15) is 5.75 Å². The molecule has 1 aliphatic rings. The molecule has 136 valence electrons. The summed E-state index contributed by atoms with van der Waals surface area (Å²) in [5, 5.41) is 9.15. The Morgan fingerprint density at radius 3 is 2.65 bits per heavy atom. The second-order valence-electron chi connectivity index (χ2n) is 6.65. The third-order valence-electron chi connectivity index (χ3n) is 4.76. The summed E-state index contributed by atoms with van der Waals surface area (Å²) in [7, 11) is 0. The molecule has 1 N–H and O–H groups in total. The molecule has 1 unspecified atom stereocenters. The number of rotatable bonds is 6. The van der Waals surface area contributed by atoms with Crippen LogP contribution in [0.5, 0.6) is 5.75 Å². The standard InChI is InChI=1S/C21H23NO4/c1-15(10-12-26-19-5-3-2-4-6-19)20(23)22-11-9-16-7-8-17(21(24)25)13-18(16)14-22/h2-8,13,15H,9-12,14H2,1H3,(H,24,25). The van der Waals surface area contributed by atoms with Crippen LogP contribution in [0.2, 0.25) is 0 Å². The van der Waals surface area contributed by atoms with Gasteiger partial charge in [0.25, 0.3) is 0 Å². The predicted octanol–water partition coefficient (Wildman–Crippen LogP) is 3.37. The van der Waals surface area contributed by atoms with Crippen molar-refractivity contribution in [2.75, 3.05) is 13.2 Å². The number of ether oxygens (including phenoxy) is 1. The number of benzene rings is 2. The summed E-state index contributed by atoms with van der Waals surface area (Å²) in [5.74, 6) is -0.182. The van der Waals surface area contributed by atoms with E-state index in [1.807, 2.05) is 48.2 Å². The lowest BCUT2D eigenvalue weighted by Crippen LogP contribution is -2.39. The summed E-state index contributed by atoms with van der Waals surface area (Å²) in [6.45, 7) is 3.55. The molecule has 5 nitrogen and oxygen atoms in total. The molecule has 0 aliphatic carbocycles. The third-order valence-corrected chi connectivity index (χ3v) is 4.76. The first-order valence-electron chi connectivity index (χ1n) is 8.86. The molecule has 26 heavy (non-hydrogen) atoms. The maximum Gasteiger partial charge on any atom is 0.335 e. The van der Waals surface area contributed by atoms with Crippen molar-refractivity contribution < 1.29 is 19.4 Å². The molecule has 1 heterocycles. The number of carbonyl (C=O) groups is 2. The molecule has 0 fully saturated rings. The third kappa shape index (κ3) is 4.23. The number of carboxylic acids is 1. The van der Waals surface area contributed by atoms with Crippen molar-refractivity contribution in [3.05, 3.63) is 65.2 Å². The van der Waals surface area contributed by atoms with E-state index in [0.717, 1.165) is 23.3 Å². The van der Waals surface area contributed by atoms with E-state index >= 15 is 0 Å². The Morgan fingerprint density at radius 2 is 1.92 bits per heavy atom. The molecule has 5 heteroatoms. The summed E-state index contributed by atoms with van der Waals surface area (Å²) in [6.07, 6.45) is 1.40. The fraction of sp³-hybridized carbons (Fsp3) is 0.333. The molecule has 1 aliphatic heterocycles. The zero-order valence-corrected chi connectivity index (χ0v) is 14.9. The van der Waals surface area contributed by atoms with Crippen LogP contribution in [0.1, 0.15) is 34.8 Å².